The van der Waals surface area contributed by atoms with Crippen molar-refractivity contribution in [1.29, 1.82) is 0 Å². The molecule has 0 bridgehead atoms. The molecule has 80 valence electrons. The topological polar surface area (TPSA) is 20.2 Å². The molecule has 0 radical (unpaired) electrons. The van der Waals surface area contributed by atoms with Gasteiger partial charge in [-0.05, 0) is 6.42 Å². The Morgan fingerprint density at radius 3 is 1.58 bits per heavy atom. The van der Waals surface area contributed by atoms with Gasteiger partial charge in [0.2, 0.25) is 0 Å². The van der Waals surface area contributed by atoms with Crippen LogP contribution in [0.2, 0.25) is 0 Å². The smallest absolute Gasteiger partial charge is 0.0431 e. The molecule has 0 aliphatic rings. The molecule has 0 aliphatic heterocycles. The Morgan fingerprint density at radius 1 is 0.750 bits per heavy atom. The summed E-state index contributed by atoms with van der Waals surface area (Å²) in [5, 5.41) is 8.42. The van der Waals surface area contributed by atoms with Crippen molar-refractivity contribution in [2.45, 2.75) is 45.4 Å². The molecule has 0 rings (SSSR count). The Morgan fingerprint density at radius 2 is 1.17 bits per heavy atom. The maximum Gasteiger partial charge on any atom is 0.0431 e. The van der Waals surface area contributed by atoms with Crippen LogP contribution in [0.15, 0.2) is 0 Å². The van der Waals surface area contributed by atoms with E-state index in [9.17, 15) is 0 Å². The third-order valence-corrected chi connectivity index (χ3v) is 1.51. The zero-order valence-electron chi connectivity index (χ0n) is 7.62. The predicted octanol–water partition coefficient (Wildman–Crippen LogP) is 3.60. The van der Waals surface area contributed by atoms with Gasteiger partial charge in [-0.1, -0.05) is 39.0 Å². The van der Waals surface area contributed by atoms with E-state index in [0.29, 0.717) is 6.61 Å². The summed E-state index contributed by atoms with van der Waals surface area (Å²) < 4.78 is 0. The van der Waals surface area contributed by atoms with Gasteiger partial charge < -0.3 is 5.11 Å². The SMILES string of the molecule is CCCCCCCCO.Cl.Cl.Cl. The Labute approximate surface area is 94.5 Å². The minimum absolute atomic E-state index is 0. The van der Waals surface area contributed by atoms with Crippen LogP contribution >= 0.6 is 37.2 Å². The van der Waals surface area contributed by atoms with Crippen LogP contribution in [0.3, 0.4) is 0 Å². The van der Waals surface area contributed by atoms with Crippen molar-refractivity contribution in [3.63, 3.8) is 0 Å². The first-order valence-electron chi connectivity index (χ1n) is 4.02. The number of unbranched alkanes of at least 4 members (excludes halogenated alkanes) is 5. The highest BCUT2D eigenvalue weighted by Gasteiger charge is 1.86. The lowest BCUT2D eigenvalue weighted by Gasteiger charge is -1.95. The summed E-state index contributed by atoms with van der Waals surface area (Å²) in [5.41, 5.74) is 0. The first-order valence-corrected chi connectivity index (χ1v) is 4.02. The van der Waals surface area contributed by atoms with E-state index in [0.717, 1.165) is 6.42 Å². The van der Waals surface area contributed by atoms with Crippen molar-refractivity contribution in [3.05, 3.63) is 0 Å². The molecule has 0 heterocycles. The molecular weight excluding hydrogens is 218 g/mol. The molecule has 12 heavy (non-hydrogen) atoms. The number of halogens is 3. The van der Waals surface area contributed by atoms with E-state index in [1.165, 1.54) is 32.1 Å². The maximum absolute atomic E-state index is 8.42. The molecule has 0 saturated heterocycles. The van der Waals surface area contributed by atoms with Crippen molar-refractivity contribution < 1.29 is 5.11 Å². The van der Waals surface area contributed by atoms with Gasteiger partial charge in [0.25, 0.3) is 0 Å². The molecule has 1 N–H and O–H groups in total. The number of hydrogen-bond acceptors (Lipinski definition) is 1. The summed E-state index contributed by atoms with van der Waals surface area (Å²) >= 11 is 0. The molecule has 0 aromatic carbocycles. The summed E-state index contributed by atoms with van der Waals surface area (Å²) in [6, 6.07) is 0. The van der Waals surface area contributed by atoms with Crippen LogP contribution in [-0.4, -0.2) is 11.7 Å². The van der Waals surface area contributed by atoms with Gasteiger partial charge in [0.15, 0.2) is 0 Å². The zero-order valence-corrected chi connectivity index (χ0v) is 10.1. The minimum Gasteiger partial charge on any atom is -0.396 e. The highest BCUT2D eigenvalue weighted by molar-refractivity contribution is 5.86. The van der Waals surface area contributed by atoms with Crippen LogP contribution in [0.1, 0.15) is 45.4 Å². The molecule has 0 amide bonds. The Kier molecular flexibility index (Phi) is 43.4. The molecule has 0 saturated carbocycles. The fourth-order valence-corrected chi connectivity index (χ4v) is 0.892. The standard InChI is InChI=1S/C8H18O.3ClH/c1-2-3-4-5-6-7-8-9;;;/h9H,2-8H2,1H3;3*1H. The third kappa shape index (κ3) is 22.4. The van der Waals surface area contributed by atoms with Gasteiger partial charge in [-0.2, -0.15) is 0 Å². The Hall–Kier alpha value is 0.830. The van der Waals surface area contributed by atoms with Gasteiger partial charge in [0, 0.05) is 6.61 Å². The number of hydrogen-bond donors (Lipinski definition) is 1. The summed E-state index contributed by atoms with van der Waals surface area (Å²) in [6.45, 7) is 2.58. The molecule has 0 spiro atoms. The lowest BCUT2D eigenvalue weighted by Crippen LogP contribution is -1.82. The number of aliphatic hydroxyl groups excluding tert-OH is 1. The molecule has 1 nitrogen and oxygen atoms in total. The molecule has 0 aliphatic carbocycles. The Balaban J connectivity index is -0.000000107. The molecule has 4 heteroatoms. The minimum atomic E-state index is 0. The lowest BCUT2D eigenvalue weighted by atomic mass is 10.1. The summed E-state index contributed by atoms with van der Waals surface area (Å²) in [4.78, 5) is 0. The van der Waals surface area contributed by atoms with E-state index in [2.05, 4.69) is 6.92 Å². The van der Waals surface area contributed by atoms with Crippen LogP contribution < -0.4 is 0 Å². The summed E-state index contributed by atoms with van der Waals surface area (Å²) in [5.74, 6) is 0. The lowest BCUT2D eigenvalue weighted by molar-refractivity contribution is 0.282. The zero-order chi connectivity index (χ0) is 6.95. The molecule has 0 atom stereocenters. The Bertz CT molecular complexity index is 47.6. The van der Waals surface area contributed by atoms with Crippen LogP contribution in [0.25, 0.3) is 0 Å². The first-order chi connectivity index (χ1) is 4.41. The molecule has 0 aromatic heterocycles. The van der Waals surface area contributed by atoms with Gasteiger partial charge in [0.1, 0.15) is 0 Å². The van der Waals surface area contributed by atoms with Crippen LogP contribution in [-0.2, 0) is 0 Å². The van der Waals surface area contributed by atoms with Gasteiger partial charge in [0.05, 0.1) is 0 Å². The average Bonchev–Trinajstić information content (AvgIpc) is 1.89. The molecule has 0 aromatic rings. The highest BCUT2D eigenvalue weighted by atomic mass is 35.5. The second kappa shape index (κ2) is 22.6. The molecular formula is C8H21Cl3O. The van der Waals surface area contributed by atoms with E-state index in [-0.39, 0.29) is 37.2 Å². The van der Waals surface area contributed by atoms with Crippen molar-refractivity contribution >= 4 is 37.2 Å². The van der Waals surface area contributed by atoms with Crippen molar-refractivity contribution in [2.24, 2.45) is 0 Å². The number of aliphatic hydroxyl groups is 1. The van der Waals surface area contributed by atoms with E-state index in [1.54, 1.807) is 0 Å². The molecule has 0 unspecified atom stereocenters. The van der Waals surface area contributed by atoms with E-state index in [1.807, 2.05) is 0 Å². The largest absolute Gasteiger partial charge is 0.396 e. The number of rotatable bonds is 6. The predicted molar refractivity (Wildman–Crippen MR) is 62.2 cm³/mol. The second-order valence-electron chi connectivity index (χ2n) is 2.49. The first kappa shape index (κ1) is 23.0. The molecule has 0 fully saturated rings. The average molecular weight is 240 g/mol. The quantitative estimate of drug-likeness (QED) is 0.702. The van der Waals surface area contributed by atoms with E-state index in [4.69, 9.17) is 5.11 Å². The summed E-state index contributed by atoms with van der Waals surface area (Å²) in [7, 11) is 0. The van der Waals surface area contributed by atoms with Crippen molar-refractivity contribution in [2.75, 3.05) is 6.61 Å². The fraction of sp³-hybridized carbons (Fsp3) is 1.00. The highest BCUT2D eigenvalue weighted by Crippen LogP contribution is 2.03. The van der Waals surface area contributed by atoms with Gasteiger partial charge in [-0.25, -0.2) is 0 Å². The van der Waals surface area contributed by atoms with Crippen LogP contribution in [0, 0.1) is 0 Å². The summed E-state index contributed by atoms with van der Waals surface area (Å²) in [6.07, 6.45) is 7.50. The van der Waals surface area contributed by atoms with Crippen molar-refractivity contribution in [1.82, 2.24) is 0 Å². The van der Waals surface area contributed by atoms with Crippen LogP contribution in [0.4, 0.5) is 0 Å². The second-order valence-corrected chi connectivity index (χ2v) is 2.49. The monoisotopic (exact) mass is 238 g/mol. The maximum atomic E-state index is 8.42. The van der Waals surface area contributed by atoms with E-state index < -0.39 is 0 Å². The fourth-order valence-electron chi connectivity index (χ4n) is 0.892. The third-order valence-electron chi connectivity index (χ3n) is 1.51. The normalized spacial score (nSPS) is 7.50. The van der Waals surface area contributed by atoms with E-state index >= 15 is 0 Å². The van der Waals surface area contributed by atoms with Gasteiger partial charge in [-0.3, -0.25) is 0 Å². The van der Waals surface area contributed by atoms with Gasteiger partial charge >= 0.3 is 0 Å². The van der Waals surface area contributed by atoms with Gasteiger partial charge in [-0.15, -0.1) is 37.2 Å². The van der Waals surface area contributed by atoms with Crippen LogP contribution in [0.5, 0.6) is 0 Å². The van der Waals surface area contributed by atoms with Crippen molar-refractivity contribution in [3.8, 4) is 0 Å².